The highest BCUT2D eigenvalue weighted by Crippen LogP contribution is 2.22. The second kappa shape index (κ2) is 7.70. The first-order valence-electron chi connectivity index (χ1n) is 7.07. The van der Waals surface area contributed by atoms with Gasteiger partial charge in [-0.05, 0) is 30.5 Å². The summed E-state index contributed by atoms with van der Waals surface area (Å²) in [5, 5.41) is 7.66. The van der Waals surface area contributed by atoms with Gasteiger partial charge in [-0.1, -0.05) is 12.1 Å². The Hall–Kier alpha value is -2.21. The van der Waals surface area contributed by atoms with Crippen LogP contribution in [0.4, 0.5) is 0 Å². The molecule has 6 heteroatoms. The summed E-state index contributed by atoms with van der Waals surface area (Å²) in [6.07, 6.45) is 1.90. The summed E-state index contributed by atoms with van der Waals surface area (Å²) in [4.78, 5) is 28.7. The lowest BCUT2D eigenvalue weighted by Gasteiger charge is -2.18. The van der Waals surface area contributed by atoms with E-state index in [-0.39, 0.29) is 30.3 Å². The van der Waals surface area contributed by atoms with E-state index in [4.69, 9.17) is 0 Å². The molecule has 0 bridgehead atoms. The van der Waals surface area contributed by atoms with Crippen LogP contribution < -0.4 is 10.6 Å². The maximum Gasteiger partial charge on any atom is 0.222 e. The summed E-state index contributed by atoms with van der Waals surface area (Å²) in [6.45, 7) is 3.34. The van der Waals surface area contributed by atoms with Gasteiger partial charge in [0.25, 0.3) is 0 Å². The van der Waals surface area contributed by atoms with Gasteiger partial charge in [0, 0.05) is 18.0 Å². The van der Waals surface area contributed by atoms with E-state index in [9.17, 15) is 9.59 Å². The van der Waals surface area contributed by atoms with Gasteiger partial charge in [-0.3, -0.25) is 14.6 Å². The molecule has 2 heterocycles. The molecule has 0 saturated carbocycles. The molecule has 0 saturated heterocycles. The first-order valence-corrected chi connectivity index (χ1v) is 7.95. The van der Waals surface area contributed by atoms with Gasteiger partial charge in [-0.15, -0.1) is 11.3 Å². The van der Waals surface area contributed by atoms with E-state index < -0.39 is 0 Å². The van der Waals surface area contributed by atoms with Gasteiger partial charge in [0.05, 0.1) is 24.2 Å². The number of nitrogens with one attached hydrogen (secondary N) is 2. The van der Waals surface area contributed by atoms with Crippen LogP contribution in [0, 0.1) is 0 Å². The third kappa shape index (κ3) is 4.66. The Balaban J connectivity index is 1.98. The van der Waals surface area contributed by atoms with Gasteiger partial charge in [0.2, 0.25) is 11.8 Å². The van der Waals surface area contributed by atoms with Crippen LogP contribution in [0.15, 0.2) is 41.9 Å². The molecule has 0 radical (unpaired) electrons. The van der Waals surface area contributed by atoms with Crippen molar-refractivity contribution in [2.45, 2.75) is 32.4 Å². The fourth-order valence-electron chi connectivity index (χ4n) is 2.15. The summed E-state index contributed by atoms with van der Waals surface area (Å²) in [5.74, 6) is -0.269. The van der Waals surface area contributed by atoms with Gasteiger partial charge in [-0.2, -0.15) is 0 Å². The van der Waals surface area contributed by atoms with Crippen LogP contribution >= 0.6 is 11.3 Å². The van der Waals surface area contributed by atoms with Crippen molar-refractivity contribution in [3.63, 3.8) is 0 Å². The average Bonchev–Trinajstić information content (AvgIpc) is 3.01. The van der Waals surface area contributed by atoms with Crippen LogP contribution in [-0.2, 0) is 9.59 Å². The van der Waals surface area contributed by atoms with Crippen LogP contribution in [0.1, 0.15) is 42.9 Å². The van der Waals surface area contributed by atoms with Gasteiger partial charge in [-0.25, -0.2) is 0 Å². The minimum absolute atomic E-state index is 0.120. The van der Waals surface area contributed by atoms with Crippen molar-refractivity contribution in [1.29, 1.82) is 0 Å². The van der Waals surface area contributed by atoms with Crippen molar-refractivity contribution in [2.75, 3.05) is 0 Å². The van der Waals surface area contributed by atoms with Gasteiger partial charge >= 0.3 is 0 Å². The standard InChI is InChI=1S/C16H19N3O2S/c1-11(13-6-3-4-8-17-13)18-16(21)10-14(19-12(2)20)15-7-5-9-22-15/h3-9,11,14H,10H2,1-2H3,(H,18,21)(H,19,20)/t11-,14+/m1/s1. The monoisotopic (exact) mass is 317 g/mol. The van der Waals surface area contributed by atoms with Crippen LogP contribution in [0.5, 0.6) is 0 Å². The van der Waals surface area contributed by atoms with Crippen LogP contribution in [0.3, 0.4) is 0 Å². The highest BCUT2D eigenvalue weighted by atomic mass is 32.1. The van der Waals surface area contributed by atoms with E-state index in [1.54, 1.807) is 6.20 Å². The lowest BCUT2D eigenvalue weighted by Crippen LogP contribution is -2.33. The summed E-state index contributed by atoms with van der Waals surface area (Å²) < 4.78 is 0. The number of hydrogen-bond donors (Lipinski definition) is 2. The molecular weight excluding hydrogens is 298 g/mol. The lowest BCUT2D eigenvalue weighted by atomic mass is 10.1. The molecule has 22 heavy (non-hydrogen) atoms. The van der Waals surface area contributed by atoms with E-state index >= 15 is 0 Å². The van der Waals surface area contributed by atoms with Gasteiger partial charge in [0.15, 0.2) is 0 Å². The molecule has 0 aliphatic rings. The summed E-state index contributed by atoms with van der Waals surface area (Å²) in [7, 11) is 0. The Bertz CT molecular complexity index is 614. The maximum absolute atomic E-state index is 12.2. The number of rotatable bonds is 6. The second-order valence-corrected chi connectivity index (χ2v) is 6.00. The van der Waals surface area contributed by atoms with Crippen molar-refractivity contribution >= 4 is 23.2 Å². The molecule has 116 valence electrons. The van der Waals surface area contributed by atoms with Crippen molar-refractivity contribution in [2.24, 2.45) is 0 Å². The molecule has 0 fully saturated rings. The number of nitrogens with zero attached hydrogens (tertiary/aromatic N) is 1. The smallest absolute Gasteiger partial charge is 0.222 e. The van der Waals surface area contributed by atoms with Gasteiger partial charge < -0.3 is 10.6 Å². The van der Waals surface area contributed by atoms with E-state index in [0.29, 0.717) is 0 Å². The highest BCUT2D eigenvalue weighted by Gasteiger charge is 2.19. The molecule has 2 N–H and O–H groups in total. The largest absolute Gasteiger partial charge is 0.348 e. The molecule has 5 nitrogen and oxygen atoms in total. The zero-order valence-corrected chi connectivity index (χ0v) is 13.4. The van der Waals surface area contributed by atoms with E-state index in [0.717, 1.165) is 10.6 Å². The normalized spacial score (nSPS) is 13.2. The molecule has 0 unspecified atom stereocenters. The predicted molar refractivity (Wildman–Crippen MR) is 86.3 cm³/mol. The predicted octanol–water partition coefficient (Wildman–Crippen LogP) is 2.59. The first-order chi connectivity index (χ1) is 10.6. The van der Waals surface area contributed by atoms with Crippen molar-refractivity contribution < 1.29 is 9.59 Å². The Morgan fingerprint density at radius 3 is 2.64 bits per heavy atom. The average molecular weight is 317 g/mol. The summed E-state index contributed by atoms with van der Waals surface area (Å²) in [6, 6.07) is 8.95. The number of aromatic nitrogens is 1. The molecule has 2 rings (SSSR count). The molecule has 2 aromatic rings. The zero-order valence-electron chi connectivity index (χ0n) is 12.6. The van der Waals surface area contributed by atoms with Gasteiger partial charge in [0.1, 0.15) is 0 Å². The minimum Gasteiger partial charge on any atom is -0.348 e. The van der Waals surface area contributed by atoms with Crippen LogP contribution in [0.25, 0.3) is 0 Å². The number of amides is 2. The number of carbonyl (C=O) groups excluding carboxylic acids is 2. The topological polar surface area (TPSA) is 71.1 Å². The lowest BCUT2D eigenvalue weighted by molar-refractivity contribution is -0.123. The third-order valence-corrected chi connectivity index (χ3v) is 4.15. The van der Waals surface area contributed by atoms with E-state index in [2.05, 4.69) is 15.6 Å². The molecule has 0 aromatic carbocycles. The Morgan fingerprint density at radius 2 is 2.05 bits per heavy atom. The highest BCUT2D eigenvalue weighted by molar-refractivity contribution is 7.10. The number of carbonyl (C=O) groups is 2. The molecule has 2 aromatic heterocycles. The first kappa shape index (κ1) is 16.2. The minimum atomic E-state index is -0.298. The molecule has 0 spiro atoms. The molecule has 0 aliphatic heterocycles. The Kier molecular flexibility index (Phi) is 5.66. The molecular formula is C16H19N3O2S. The van der Waals surface area contributed by atoms with Crippen molar-refractivity contribution in [3.05, 3.63) is 52.5 Å². The number of thiophene rings is 1. The van der Waals surface area contributed by atoms with Crippen LogP contribution in [-0.4, -0.2) is 16.8 Å². The van der Waals surface area contributed by atoms with Crippen LogP contribution in [0.2, 0.25) is 0 Å². The van der Waals surface area contributed by atoms with E-state index in [1.165, 1.54) is 18.3 Å². The third-order valence-electron chi connectivity index (χ3n) is 3.16. The summed E-state index contributed by atoms with van der Waals surface area (Å²) >= 11 is 1.52. The number of pyridine rings is 1. The molecule has 2 amide bonds. The maximum atomic E-state index is 12.2. The SMILES string of the molecule is CC(=O)N[C@@H](CC(=O)N[C@H](C)c1ccccn1)c1cccs1. The Morgan fingerprint density at radius 1 is 1.23 bits per heavy atom. The van der Waals surface area contributed by atoms with E-state index in [1.807, 2.05) is 42.6 Å². The fraction of sp³-hybridized carbons (Fsp3) is 0.312. The second-order valence-electron chi connectivity index (χ2n) is 5.02. The zero-order chi connectivity index (χ0) is 15.9. The van der Waals surface area contributed by atoms with Crippen molar-refractivity contribution in [3.8, 4) is 0 Å². The molecule has 0 aliphatic carbocycles. The quantitative estimate of drug-likeness (QED) is 0.860. The fourth-order valence-corrected chi connectivity index (χ4v) is 2.93. The molecule has 2 atom stereocenters. The Labute approximate surface area is 133 Å². The number of hydrogen-bond acceptors (Lipinski definition) is 4. The summed E-state index contributed by atoms with van der Waals surface area (Å²) in [5.41, 5.74) is 0.808. The van der Waals surface area contributed by atoms with Crippen molar-refractivity contribution in [1.82, 2.24) is 15.6 Å².